The predicted molar refractivity (Wildman–Crippen MR) is 48.4 cm³/mol. The molecule has 14 heavy (non-hydrogen) atoms. The lowest BCUT2D eigenvalue weighted by Gasteiger charge is -2.09. The van der Waals surface area contributed by atoms with Crippen molar-refractivity contribution < 1.29 is 9.50 Å². The van der Waals surface area contributed by atoms with Gasteiger partial charge in [0, 0.05) is 5.69 Å². The second kappa shape index (κ2) is 4.20. The Balaban J connectivity index is 3.01. The molecule has 5 heteroatoms. The minimum absolute atomic E-state index is 0.0755. The largest absolute Gasteiger partial charge is 0.389 e. The van der Waals surface area contributed by atoms with Crippen LogP contribution in [0, 0.1) is 25.2 Å². The number of imidazole rings is 1. The molecule has 1 N–H and O–H groups in total. The van der Waals surface area contributed by atoms with Gasteiger partial charge in [0.2, 0.25) is 5.82 Å². The SMILES string of the molecule is Cc1nc(C#N)n(CC(O)CF)c1C. The number of aromatic nitrogens is 2. The molecule has 0 saturated heterocycles. The Bertz CT molecular complexity index is 367. The van der Waals surface area contributed by atoms with Crippen molar-refractivity contribution in [1.29, 1.82) is 5.26 Å². The second-order valence-corrected chi connectivity index (χ2v) is 3.14. The molecule has 0 aliphatic heterocycles. The third kappa shape index (κ3) is 1.91. The van der Waals surface area contributed by atoms with Gasteiger partial charge in [-0.1, -0.05) is 0 Å². The summed E-state index contributed by atoms with van der Waals surface area (Å²) in [7, 11) is 0. The second-order valence-electron chi connectivity index (χ2n) is 3.14. The van der Waals surface area contributed by atoms with E-state index in [0.717, 1.165) is 11.4 Å². The maximum absolute atomic E-state index is 12.1. The van der Waals surface area contributed by atoms with E-state index in [4.69, 9.17) is 10.4 Å². The van der Waals surface area contributed by atoms with Gasteiger partial charge >= 0.3 is 0 Å². The van der Waals surface area contributed by atoms with Crippen LogP contribution >= 0.6 is 0 Å². The molecule has 0 fully saturated rings. The maximum atomic E-state index is 12.1. The van der Waals surface area contributed by atoms with E-state index < -0.39 is 12.8 Å². The van der Waals surface area contributed by atoms with Crippen LogP contribution in [-0.4, -0.2) is 27.4 Å². The molecule has 1 unspecified atom stereocenters. The standard InChI is InChI=1S/C9H12FN3O/c1-6-7(2)13(5-8(14)3-10)9(4-11)12-6/h8,14H,3,5H2,1-2H3. The van der Waals surface area contributed by atoms with Crippen LogP contribution < -0.4 is 0 Å². The van der Waals surface area contributed by atoms with Gasteiger partial charge in [0.25, 0.3) is 0 Å². The van der Waals surface area contributed by atoms with Crippen molar-refractivity contribution in [3.63, 3.8) is 0 Å². The minimum atomic E-state index is -1.07. The van der Waals surface area contributed by atoms with Gasteiger partial charge in [0.1, 0.15) is 18.8 Å². The van der Waals surface area contributed by atoms with Crippen molar-refractivity contribution in [3.05, 3.63) is 17.2 Å². The fourth-order valence-corrected chi connectivity index (χ4v) is 1.22. The van der Waals surface area contributed by atoms with Crippen LogP contribution in [-0.2, 0) is 6.54 Å². The zero-order chi connectivity index (χ0) is 10.7. The first kappa shape index (κ1) is 10.7. The highest BCUT2D eigenvalue weighted by Gasteiger charge is 2.13. The minimum Gasteiger partial charge on any atom is -0.389 e. The normalized spacial score (nSPS) is 12.5. The highest BCUT2D eigenvalue weighted by atomic mass is 19.1. The van der Waals surface area contributed by atoms with Gasteiger partial charge in [-0.05, 0) is 13.8 Å². The molecule has 1 rings (SSSR count). The molecule has 1 aromatic rings. The molecule has 76 valence electrons. The van der Waals surface area contributed by atoms with Crippen molar-refractivity contribution in [2.75, 3.05) is 6.67 Å². The van der Waals surface area contributed by atoms with Gasteiger partial charge in [0.05, 0.1) is 12.2 Å². The molecule has 0 bridgehead atoms. The van der Waals surface area contributed by atoms with Crippen molar-refractivity contribution >= 4 is 0 Å². The van der Waals surface area contributed by atoms with E-state index in [-0.39, 0.29) is 12.4 Å². The molecule has 0 amide bonds. The number of aliphatic hydroxyl groups is 1. The summed E-state index contributed by atoms with van der Waals surface area (Å²) in [4.78, 5) is 3.98. The van der Waals surface area contributed by atoms with Gasteiger partial charge in [-0.25, -0.2) is 9.37 Å². The van der Waals surface area contributed by atoms with Crippen molar-refractivity contribution in [2.45, 2.75) is 26.5 Å². The topological polar surface area (TPSA) is 61.8 Å². The summed E-state index contributed by atoms with van der Waals surface area (Å²) in [6.07, 6.45) is -1.07. The fourth-order valence-electron chi connectivity index (χ4n) is 1.22. The molecule has 0 aliphatic carbocycles. The lowest BCUT2D eigenvalue weighted by Crippen LogP contribution is -2.19. The smallest absolute Gasteiger partial charge is 0.213 e. The monoisotopic (exact) mass is 197 g/mol. The molecule has 0 aliphatic rings. The summed E-state index contributed by atoms with van der Waals surface area (Å²) in [5.41, 5.74) is 1.52. The summed E-state index contributed by atoms with van der Waals surface area (Å²) in [5.74, 6) is 0.215. The summed E-state index contributed by atoms with van der Waals surface area (Å²) in [5, 5.41) is 17.9. The first-order chi connectivity index (χ1) is 6.60. The van der Waals surface area contributed by atoms with Gasteiger partial charge in [-0.15, -0.1) is 0 Å². The van der Waals surface area contributed by atoms with E-state index >= 15 is 0 Å². The molecule has 4 nitrogen and oxygen atoms in total. The van der Waals surface area contributed by atoms with Crippen LogP contribution in [0.3, 0.4) is 0 Å². The van der Waals surface area contributed by atoms with Crippen LogP contribution in [0.15, 0.2) is 0 Å². The van der Waals surface area contributed by atoms with Gasteiger partial charge in [-0.3, -0.25) is 0 Å². The van der Waals surface area contributed by atoms with Crippen LogP contribution in [0.4, 0.5) is 4.39 Å². The van der Waals surface area contributed by atoms with Gasteiger partial charge < -0.3 is 9.67 Å². The van der Waals surface area contributed by atoms with Crippen LogP contribution in [0.25, 0.3) is 0 Å². The molecule has 0 saturated carbocycles. The number of aliphatic hydroxyl groups excluding tert-OH is 1. The average Bonchev–Trinajstić information content (AvgIpc) is 2.45. The summed E-state index contributed by atoms with van der Waals surface area (Å²) < 4.78 is 13.6. The average molecular weight is 197 g/mol. The van der Waals surface area contributed by atoms with Crippen LogP contribution in [0.2, 0.25) is 0 Å². The summed E-state index contributed by atoms with van der Waals surface area (Å²) in [6, 6.07) is 1.90. The lowest BCUT2D eigenvalue weighted by atomic mass is 10.3. The van der Waals surface area contributed by atoms with E-state index in [1.54, 1.807) is 13.8 Å². The van der Waals surface area contributed by atoms with Crippen LogP contribution in [0.5, 0.6) is 0 Å². The fraction of sp³-hybridized carbons (Fsp3) is 0.556. The van der Waals surface area contributed by atoms with Crippen molar-refractivity contribution in [1.82, 2.24) is 9.55 Å². The number of rotatable bonds is 3. The number of hydrogen-bond donors (Lipinski definition) is 1. The number of nitriles is 1. The third-order valence-electron chi connectivity index (χ3n) is 2.13. The molecule has 1 heterocycles. The third-order valence-corrected chi connectivity index (χ3v) is 2.13. The molecule has 0 spiro atoms. The number of halogens is 1. The molecule has 0 radical (unpaired) electrons. The molecule has 0 aromatic carbocycles. The summed E-state index contributed by atoms with van der Waals surface area (Å²) in [6.45, 7) is 2.82. The first-order valence-electron chi connectivity index (χ1n) is 4.28. The van der Waals surface area contributed by atoms with Crippen LogP contribution in [0.1, 0.15) is 17.2 Å². The Hall–Kier alpha value is -1.41. The maximum Gasteiger partial charge on any atom is 0.213 e. The Morgan fingerprint density at radius 2 is 2.29 bits per heavy atom. The molecule has 1 atom stereocenters. The molecular weight excluding hydrogens is 185 g/mol. The van der Waals surface area contributed by atoms with E-state index in [2.05, 4.69) is 4.98 Å². The van der Waals surface area contributed by atoms with Gasteiger partial charge in [-0.2, -0.15) is 5.26 Å². The first-order valence-corrected chi connectivity index (χ1v) is 4.28. The highest BCUT2D eigenvalue weighted by molar-refractivity contribution is 5.22. The zero-order valence-electron chi connectivity index (χ0n) is 8.16. The Morgan fingerprint density at radius 3 is 2.79 bits per heavy atom. The quantitative estimate of drug-likeness (QED) is 0.775. The number of alkyl halides is 1. The summed E-state index contributed by atoms with van der Waals surface area (Å²) >= 11 is 0. The Kier molecular flexibility index (Phi) is 3.20. The predicted octanol–water partition coefficient (Wildman–Crippen LogP) is 0.702. The molecule has 1 aromatic heterocycles. The zero-order valence-corrected chi connectivity index (χ0v) is 8.16. The Morgan fingerprint density at radius 1 is 1.64 bits per heavy atom. The molecular formula is C9H12FN3O. The van der Waals surface area contributed by atoms with Crippen molar-refractivity contribution in [2.24, 2.45) is 0 Å². The van der Waals surface area contributed by atoms with Crippen molar-refractivity contribution in [3.8, 4) is 6.07 Å². The van der Waals surface area contributed by atoms with E-state index in [0.29, 0.717) is 0 Å². The van der Waals surface area contributed by atoms with E-state index in [9.17, 15) is 4.39 Å². The van der Waals surface area contributed by atoms with E-state index in [1.807, 2.05) is 6.07 Å². The number of nitrogens with zero attached hydrogens (tertiary/aromatic N) is 3. The number of aryl methyl sites for hydroxylation is 1. The van der Waals surface area contributed by atoms with E-state index in [1.165, 1.54) is 4.57 Å². The highest BCUT2D eigenvalue weighted by Crippen LogP contribution is 2.10. The number of hydrogen-bond acceptors (Lipinski definition) is 3. The van der Waals surface area contributed by atoms with Gasteiger partial charge in [0.15, 0.2) is 0 Å². The lowest BCUT2D eigenvalue weighted by molar-refractivity contribution is 0.121. The Labute approximate surface area is 81.6 Å².